The number of hydrogen-bond donors (Lipinski definition) is 3. The second-order valence-electron chi connectivity index (χ2n) is 12.4. The maximum absolute atomic E-state index is 13.1. The normalized spacial score (nSPS) is 13.7. The molecule has 2 amide bonds. The number of carbonyl (C=O) groups is 2. The number of carbonyl (C=O) groups excluding carboxylic acids is 2. The number of ether oxygens (including phenoxy) is 1. The average molecular weight is 642 g/mol. The van der Waals surface area contributed by atoms with Crippen LogP contribution in [0, 0.1) is 6.92 Å². The molecule has 1 aliphatic heterocycles. The fraction of sp³-hybridized carbons (Fsp3) is 0.231. The van der Waals surface area contributed by atoms with Gasteiger partial charge in [-0.2, -0.15) is 0 Å². The minimum atomic E-state index is -0.220. The van der Waals surface area contributed by atoms with Gasteiger partial charge in [-0.15, -0.1) is 0 Å². The number of rotatable bonds is 9. The summed E-state index contributed by atoms with van der Waals surface area (Å²) in [6.45, 7) is 5.12. The van der Waals surface area contributed by atoms with Crippen molar-refractivity contribution in [2.45, 2.75) is 32.4 Å². The van der Waals surface area contributed by atoms with Gasteiger partial charge in [0, 0.05) is 88.8 Å². The summed E-state index contributed by atoms with van der Waals surface area (Å²) in [5.74, 6) is -0.339. The highest BCUT2D eigenvalue weighted by atomic mass is 16.5. The van der Waals surface area contributed by atoms with Crippen molar-refractivity contribution < 1.29 is 19.4 Å². The fourth-order valence-corrected chi connectivity index (χ4v) is 6.54. The Bertz CT molecular complexity index is 2090. The molecule has 9 heteroatoms. The third-order valence-corrected chi connectivity index (χ3v) is 9.20. The molecule has 9 nitrogen and oxygen atoms in total. The van der Waals surface area contributed by atoms with Crippen molar-refractivity contribution in [2.24, 2.45) is 0 Å². The highest BCUT2D eigenvalue weighted by Crippen LogP contribution is 2.27. The van der Waals surface area contributed by atoms with Gasteiger partial charge in [0.2, 0.25) is 0 Å². The zero-order valence-electron chi connectivity index (χ0n) is 27.1. The topological polar surface area (TPSA) is 101 Å². The number of aryl methyl sites for hydroxylation is 1. The van der Waals surface area contributed by atoms with E-state index in [-0.39, 0.29) is 17.9 Å². The van der Waals surface area contributed by atoms with Gasteiger partial charge in [-0.25, -0.2) is 0 Å². The van der Waals surface area contributed by atoms with Crippen LogP contribution in [-0.4, -0.2) is 59.0 Å². The number of hydrogen-bond acceptors (Lipinski definition) is 5. The summed E-state index contributed by atoms with van der Waals surface area (Å²) in [7, 11) is 1.70. The predicted molar refractivity (Wildman–Crippen MR) is 192 cm³/mol. The number of benzene rings is 4. The Morgan fingerprint density at radius 1 is 0.750 bits per heavy atom. The van der Waals surface area contributed by atoms with Gasteiger partial charge in [-0.3, -0.25) is 9.59 Å². The van der Waals surface area contributed by atoms with E-state index in [2.05, 4.69) is 37.7 Å². The lowest BCUT2D eigenvalue weighted by Crippen LogP contribution is -2.35. The highest BCUT2D eigenvalue weighted by molar-refractivity contribution is 6.06. The van der Waals surface area contributed by atoms with Crippen LogP contribution in [0.1, 0.15) is 39.3 Å². The summed E-state index contributed by atoms with van der Waals surface area (Å²) in [6.07, 6.45) is 3.29. The summed E-state index contributed by atoms with van der Waals surface area (Å²) in [4.78, 5) is 28.4. The molecule has 48 heavy (non-hydrogen) atoms. The van der Waals surface area contributed by atoms with Crippen LogP contribution >= 0.6 is 0 Å². The first-order valence-electron chi connectivity index (χ1n) is 16.3. The van der Waals surface area contributed by atoms with Crippen molar-refractivity contribution in [3.63, 3.8) is 0 Å². The zero-order valence-corrected chi connectivity index (χ0v) is 27.1. The van der Waals surface area contributed by atoms with E-state index >= 15 is 0 Å². The molecule has 3 N–H and O–H groups in total. The van der Waals surface area contributed by atoms with Crippen LogP contribution in [-0.2, 0) is 11.3 Å². The Morgan fingerprint density at radius 3 is 1.96 bits per heavy atom. The predicted octanol–water partition coefficient (Wildman–Crippen LogP) is 7.01. The van der Waals surface area contributed by atoms with Crippen LogP contribution in [0.5, 0.6) is 0 Å². The molecule has 2 aromatic heterocycles. The molecule has 0 unspecified atom stereocenters. The fourth-order valence-electron chi connectivity index (χ4n) is 6.54. The Kier molecular flexibility index (Phi) is 8.71. The van der Waals surface area contributed by atoms with Crippen molar-refractivity contribution in [3.05, 3.63) is 120 Å². The van der Waals surface area contributed by atoms with E-state index in [9.17, 15) is 14.7 Å². The molecular formula is C39H39N5O4. The summed E-state index contributed by atoms with van der Waals surface area (Å²) in [5, 5.41) is 17.9. The van der Waals surface area contributed by atoms with Crippen LogP contribution in [0.25, 0.3) is 27.5 Å². The Morgan fingerprint density at radius 2 is 1.33 bits per heavy atom. The first-order chi connectivity index (χ1) is 23.4. The lowest BCUT2D eigenvalue weighted by molar-refractivity contribution is 0.101. The van der Waals surface area contributed by atoms with Crippen molar-refractivity contribution in [1.82, 2.24) is 9.13 Å². The van der Waals surface area contributed by atoms with Crippen LogP contribution in [0.4, 0.5) is 17.1 Å². The molecule has 7 rings (SSSR count). The number of aliphatic hydroxyl groups excluding tert-OH is 1. The number of methoxy groups -OCH3 is 1. The second kappa shape index (κ2) is 13.4. The first-order valence-corrected chi connectivity index (χ1v) is 16.3. The standard InChI is InChI=1S/C39H39N5O4/c1-26-23-30-25-32(8-14-37(30)43(26)21-22-48-2)41-39(47)28-5-11-34(12-6-28)44-20-15-29-24-31(7-13-36(29)44)40-38(46)27-3-9-33(10-4-27)42-18-16-35(45)17-19-42/h3-15,20,23-25,35,45H,16-19,21-22H2,1-2H3,(H,40,46)(H,41,47). The molecule has 1 saturated heterocycles. The molecule has 0 radical (unpaired) electrons. The van der Waals surface area contributed by atoms with Gasteiger partial charge < -0.3 is 34.5 Å². The van der Waals surface area contributed by atoms with Crippen molar-refractivity contribution in [1.29, 1.82) is 0 Å². The van der Waals surface area contributed by atoms with Gasteiger partial charge in [0.15, 0.2) is 0 Å². The van der Waals surface area contributed by atoms with E-state index in [1.807, 2.05) is 97.2 Å². The van der Waals surface area contributed by atoms with E-state index in [0.717, 1.165) is 77.0 Å². The van der Waals surface area contributed by atoms with E-state index in [1.54, 1.807) is 7.11 Å². The summed E-state index contributed by atoms with van der Waals surface area (Å²) in [5.41, 5.74) is 7.86. The molecule has 0 bridgehead atoms. The summed E-state index contributed by atoms with van der Waals surface area (Å²) >= 11 is 0. The van der Waals surface area contributed by atoms with E-state index < -0.39 is 0 Å². The molecule has 1 aliphatic rings. The third kappa shape index (κ3) is 6.43. The Hall–Kier alpha value is -5.38. The van der Waals surface area contributed by atoms with Crippen LogP contribution in [0.3, 0.4) is 0 Å². The van der Waals surface area contributed by atoms with E-state index in [4.69, 9.17) is 4.74 Å². The van der Waals surface area contributed by atoms with Gasteiger partial charge in [-0.05, 0) is 117 Å². The summed E-state index contributed by atoms with van der Waals surface area (Å²) < 4.78 is 9.53. The maximum Gasteiger partial charge on any atom is 0.255 e. The number of piperidine rings is 1. The lowest BCUT2D eigenvalue weighted by atomic mass is 10.1. The quantitative estimate of drug-likeness (QED) is 0.158. The van der Waals surface area contributed by atoms with Crippen molar-refractivity contribution >= 4 is 50.7 Å². The van der Waals surface area contributed by atoms with Gasteiger partial charge >= 0.3 is 0 Å². The lowest BCUT2D eigenvalue weighted by Gasteiger charge is -2.31. The molecular weight excluding hydrogens is 602 g/mol. The highest BCUT2D eigenvalue weighted by Gasteiger charge is 2.18. The molecule has 0 spiro atoms. The van der Waals surface area contributed by atoms with Crippen molar-refractivity contribution in [2.75, 3.05) is 42.3 Å². The first kappa shape index (κ1) is 31.2. The molecule has 0 aliphatic carbocycles. The SMILES string of the molecule is COCCn1c(C)cc2cc(NC(=O)c3ccc(-n4ccc5cc(NC(=O)c6ccc(N7CCC(O)CC7)cc6)ccc54)cc3)ccc21. The van der Waals surface area contributed by atoms with Crippen LogP contribution in [0.15, 0.2) is 103 Å². The van der Waals surface area contributed by atoms with Gasteiger partial charge in [0.25, 0.3) is 11.8 Å². The van der Waals surface area contributed by atoms with Crippen LogP contribution in [0.2, 0.25) is 0 Å². The summed E-state index contributed by atoms with van der Waals surface area (Å²) in [6, 6.07) is 31.1. The van der Waals surface area contributed by atoms with E-state index in [1.165, 1.54) is 0 Å². The van der Waals surface area contributed by atoms with Gasteiger partial charge in [-0.1, -0.05) is 0 Å². The number of anilines is 3. The monoisotopic (exact) mass is 641 g/mol. The smallest absolute Gasteiger partial charge is 0.255 e. The largest absolute Gasteiger partial charge is 0.393 e. The Balaban J connectivity index is 0.998. The van der Waals surface area contributed by atoms with E-state index in [0.29, 0.717) is 23.4 Å². The molecule has 4 aromatic carbocycles. The average Bonchev–Trinajstić information content (AvgIpc) is 3.67. The van der Waals surface area contributed by atoms with Gasteiger partial charge in [0.1, 0.15) is 0 Å². The number of aromatic nitrogens is 2. The van der Waals surface area contributed by atoms with Crippen molar-refractivity contribution in [3.8, 4) is 5.69 Å². The number of aliphatic hydroxyl groups is 1. The molecule has 0 saturated carbocycles. The second-order valence-corrected chi connectivity index (χ2v) is 12.4. The number of nitrogens with one attached hydrogen (secondary N) is 2. The number of fused-ring (bicyclic) bond motifs is 2. The molecule has 3 heterocycles. The molecule has 0 atom stereocenters. The number of nitrogens with zero attached hydrogens (tertiary/aromatic N) is 3. The minimum Gasteiger partial charge on any atom is -0.393 e. The number of amides is 2. The molecule has 1 fully saturated rings. The van der Waals surface area contributed by atoms with Crippen LogP contribution < -0.4 is 15.5 Å². The minimum absolute atomic E-state index is 0.168. The zero-order chi connectivity index (χ0) is 33.2. The molecule has 6 aromatic rings. The van der Waals surface area contributed by atoms with Gasteiger partial charge in [0.05, 0.1) is 18.2 Å². The third-order valence-electron chi connectivity index (χ3n) is 9.20. The maximum atomic E-state index is 13.1. The molecule has 244 valence electrons. The Labute approximate surface area is 279 Å².